The molecule has 0 bridgehead atoms. The first kappa shape index (κ1) is 20.0. The van der Waals surface area contributed by atoms with Crippen LogP contribution in [0.4, 0.5) is 10.1 Å². The number of amides is 1. The van der Waals surface area contributed by atoms with E-state index in [1.807, 2.05) is 18.9 Å². The summed E-state index contributed by atoms with van der Waals surface area (Å²) in [4.78, 5) is 14.0. The second-order valence-electron chi connectivity index (χ2n) is 6.05. The fourth-order valence-electron chi connectivity index (χ4n) is 2.44. The van der Waals surface area contributed by atoms with E-state index in [-0.39, 0.29) is 29.0 Å². The number of rotatable bonds is 7. The van der Waals surface area contributed by atoms with Crippen molar-refractivity contribution in [3.05, 3.63) is 59.9 Å². The molecule has 0 aliphatic heterocycles. The molecule has 0 spiro atoms. The minimum absolute atomic E-state index is 0.0363. The van der Waals surface area contributed by atoms with Crippen LogP contribution in [-0.4, -0.2) is 32.8 Å². The van der Waals surface area contributed by atoms with Crippen molar-refractivity contribution in [1.82, 2.24) is 4.90 Å². The summed E-state index contributed by atoms with van der Waals surface area (Å²) in [6.07, 6.45) is 0.199. The molecular formula is C18H22FN3O3S. The summed E-state index contributed by atoms with van der Waals surface area (Å²) in [5.41, 5.74) is 1.06. The molecular weight excluding hydrogens is 357 g/mol. The zero-order chi connectivity index (χ0) is 19.3. The van der Waals surface area contributed by atoms with Crippen molar-refractivity contribution in [2.24, 2.45) is 5.14 Å². The molecule has 0 fully saturated rings. The SMILES string of the molecule is CC(c1ccc(S(N)(=O)=O)cc1)N(C)CCC(=O)Nc1ccccc1F. The zero-order valence-corrected chi connectivity index (χ0v) is 15.5. The van der Waals surface area contributed by atoms with E-state index in [0.717, 1.165) is 5.56 Å². The van der Waals surface area contributed by atoms with Gasteiger partial charge in [0, 0.05) is 19.0 Å². The number of anilines is 1. The van der Waals surface area contributed by atoms with E-state index in [2.05, 4.69) is 5.32 Å². The summed E-state index contributed by atoms with van der Waals surface area (Å²) < 4.78 is 36.1. The molecule has 0 aromatic heterocycles. The van der Waals surface area contributed by atoms with Gasteiger partial charge in [-0.15, -0.1) is 0 Å². The van der Waals surface area contributed by atoms with Gasteiger partial charge in [-0.25, -0.2) is 17.9 Å². The Kier molecular flexibility index (Phi) is 6.47. The predicted octanol–water partition coefficient (Wildman–Crippen LogP) is 2.49. The summed E-state index contributed by atoms with van der Waals surface area (Å²) in [6, 6.07) is 12.3. The van der Waals surface area contributed by atoms with E-state index in [9.17, 15) is 17.6 Å². The molecule has 1 atom stereocenters. The molecule has 26 heavy (non-hydrogen) atoms. The Morgan fingerprint density at radius 2 is 1.81 bits per heavy atom. The topological polar surface area (TPSA) is 92.5 Å². The first-order chi connectivity index (χ1) is 12.2. The van der Waals surface area contributed by atoms with Crippen LogP contribution in [0.5, 0.6) is 0 Å². The van der Waals surface area contributed by atoms with Gasteiger partial charge in [0.05, 0.1) is 10.6 Å². The number of primary sulfonamides is 1. The molecule has 2 rings (SSSR count). The summed E-state index contributed by atoms with van der Waals surface area (Å²) >= 11 is 0. The van der Waals surface area contributed by atoms with Gasteiger partial charge in [-0.1, -0.05) is 24.3 Å². The number of hydrogen-bond acceptors (Lipinski definition) is 4. The third-order valence-electron chi connectivity index (χ3n) is 4.19. The average molecular weight is 379 g/mol. The number of nitrogens with one attached hydrogen (secondary N) is 1. The van der Waals surface area contributed by atoms with Crippen LogP contribution >= 0.6 is 0 Å². The van der Waals surface area contributed by atoms with Crippen molar-refractivity contribution in [2.45, 2.75) is 24.3 Å². The van der Waals surface area contributed by atoms with Crippen molar-refractivity contribution < 1.29 is 17.6 Å². The molecule has 1 amide bonds. The standard InChI is InChI=1S/C18H22FN3O3S/c1-13(14-7-9-15(10-8-14)26(20,24)25)22(2)12-11-18(23)21-17-6-4-3-5-16(17)19/h3-10,13H,11-12H2,1-2H3,(H,21,23)(H2,20,24,25). The summed E-state index contributed by atoms with van der Waals surface area (Å²) in [6.45, 7) is 2.40. The van der Waals surface area contributed by atoms with Gasteiger partial charge in [0.25, 0.3) is 0 Å². The largest absolute Gasteiger partial charge is 0.324 e. The molecule has 2 aromatic rings. The Morgan fingerprint density at radius 1 is 1.19 bits per heavy atom. The van der Waals surface area contributed by atoms with E-state index < -0.39 is 15.8 Å². The van der Waals surface area contributed by atoms with E-state index in [1.54, 1.807) is 24.3 Å². The quantitative estimate of drug-likeness (QED) is 0.773. The third kappa shape index (κ3) is 5.35. The van der Waals surface area contributed by atoms with E-state index >= 15 is 0 Å². The molecule has 3 N–H and O–H groups in total. The van der Waals surface area contributed by atoms with Gasteiger partial charge >= 0.3 is 0 Å². The molecule has 0 saturated heterocycles. The van der Waals surface area contributed by atoms with Crippen LogP contribution in [0.25, 0.3) is 0 Å². The lowest BCUT2D eigenvalue weighted by molar-refractivity contribution is -0.116. The maximum atomic E-state index is 13.5. The zero-order valence-electron chi connectivity index (χ0n) is 14.6. The Morgan fingerprint density at radius 3 is 2.38 bits per heavy atom. The maximum absolute atomic E-state index is 13.5. The highest BCUT2D eigenvalue weighted by Gasteiger charge is 2.15. The molecule has 0 radical (unpaired) electrons. The van der Waals surface area contributed by atoms with Gasteiger partial charge in [0.1, 0.15) is 5.82 Å². The lowest BCUT2D eigenvalue weighted by Gasteiger charge is -2.25. The number of nitrogens with zero attached hydrogens (tertiary/aromatic N) is 1. The van der Waals surface area contributed by atoms with Crippen molar-refractivity contribution >= 4 is 21.6 Å². The number of benzene rings is 2. The molecule has 6 nitrogen and oxygen atoms in total. The Hall–Kier alpha value is -2.29. The van der Waals surface area contributed by atoms with Crippen LogP contribution in [-0.2, 0) is 14.8 Å². The smallest absolute Gasteiger partial charge is 0.238 e. The number of sulfonamides is 1. The molecule has 0 heterocycles. The summed E-state index contributed by atoms with van der Waals surface area (Å²) in [5, 5.41) is 7.64. The first-order valence-electron chi connectivity index (χ1n) is 8.06. The van der Waals surface area contributed by atoms with Gasteiger partial charge in [-0.2, -0.15) is 0 Å². The molecule has 140 valence electrons. The van der Waals surface area contributed by atoms with Crippen LogP contribution in [0.1, 0.15) is 24.9 Å². The van der Waals surface area contributed by atoms with Crippen molar-refractivity contribution in [2.75, 3.05) is 18.9 Å². The Bertz CT molecular complexity index is 870. The van der Waals surface area contributed by atoms with Crippen LogP contribution in [0.3, 0.4) is 0 Å². The summed E-state index contributed by atoms with van der Waals surface area (Å²) in [5.74, 6) is -0.753. The molecule has 0 saturated carbocycles. The highest BCUT2D eigenvalue weighted by atomic mass is 32.2. The first-order valence-corrected chi connectivity index (χ1v) is 9.60. The van der Waals surface area contributed by atoms with Gasteiger partial charge in [0.2, 0.25) is 15.9 Å². The average Bonchev–Trinajstić information content (AvgIpc) is 2.60. The maximum Gasteiger partial charge on any atom is 0.238 e. The molecule has 0 aliphatic rings. The lowest BCUT2D eigenvalue weighted by atomic mass is 10.1. The van der Waals surface area contributed by atoms with Gasteiger partial charge < -0.3 is 5.32 Å². The van der Waals surface area contributed by atoms with Crippen molar-refractivity contribution in [3.8, 4) is 0 Å². The van der Waals surface area contributed by atoms with E-state index in [4.69, 9.17) is 5.14 Å². The number of hydrogen-bond donors (Lipinski definition) is 2. The fourth-order valence-corrected chi connectivity index (χ4v) is 2.95. The number of carbonyl (C=O) groups is 1. The molecule has 8 heteroatoms. The summed E-state index contributed by atoms with van der Waals surface area (Å²) in [7, 11) is -1.86. The van der Waals surface area contributed by atoms with Crippen LogP contribution in [0, 0.1) is 5.82 Å². The highest BCUT2D eigenvalue weighted by Crippen LogP contribution is 2.20. The highest BCUT2D eigenvalue weighted by molar-refractivity contribution is 7.89. The predicted molar refractivity (Wildman–Crippen MR) is 98.5 cm³/mol. The van der Waals surface area contributed by atoms with Crippen molar-refractivity contribution in [1.29, 1.82) is 0 Å². The normalized spacial score (nSPS) is 12.8. The van der Waals surface area contributed by atoms with Gasteiger partial charge in [-0.05, 0) is 43.8 Å². The third-order valence-corrected chi connectivity index (χ3v) is 5.12. The van der Waals surface area contributed by atoms with Crippen LogP contribution < -0.4 is 10.5 Å². The van der Waals surface area contributed by atoms with Crippen LogP contribution in [0.2, 0.25) is 0 Å². The van der Waals surface area contributed by atoms with E-state index in [0.29, 0.717) is 6.54 Å². The Labute approximate surface area is 152 Å². The van der Waals surface area contributed by atoms with E-state index in [1.165, 1.54) is 24.3 Å². The van der Waals surface area contributed by atoms with Crippen molar-refractivity contribution in [3.63, 3.8) is 0 Å². The number of carbonyl (C=O) groups excluding carboxylic acids is 1. The minimum atomic E-state index is -3.72. The second-order valence-corrected chi connectivity index (χ2v) is 7.61. The Balaban J connectivity index is 1.91. The van der Waals surface area contributed by atoms with Gasteiger partial charge in [0.15, 0.2) is 0 Å². The number of para-hydroxylation sites is 1. The second kappa shape index (κ2) is 8.39. The number of nitrogens with two attached hydrogens (primary N) is 1. The minimum Gasteiger partial charge on any atom is -0.324 e. The monoisotopic (exact) mass is 379 g/mol. The number of halogens is 1. The molecule has 2 aromatic carbocycles. The molecule has 0 aliphatic carbocycles. The molecule has 1 unspecified atom stereocenters. The fraction of sp³-hybridized carbons (Fsp3) is 0.278. The lowest BCUT2D eigenvalue weighted by Crippen LogP contribution is -2.27. The van der Waals surface area contributed by atoms with Crippen LogP contribution in [0.15, 0.2) is 53.4 Å². The van der Waals surface area contributed by atoms with Gasteiger partial charge in [-0.3, -0.25) is 9.69 Å².